The summed E-state index contributed by atoms with van der Waals surface area (Å²) < 4.78 is 14.2. The van der Waals surface area contributed by atoms with E-state index in [-0.39, 0.29) is 18.3 Å². The van der Waals surface area contributed by atoms with E-state index in [1.54, 1.807) is 53.0 Å². The van der Waals surface area contributed by atoms with Gasteiger partial charge in [-0.3, -0.25) is 9.48 Å². The number of halogens is 2. The zero-order valence-electron chi connectivity index (χ0n) is 18.9. The van der Waals surface area contributed by atoms with E-state index in [4.69, 9.17) is 32.7 Å². The fourth-order valence-corrected chi connectivity index (χ4v) is 3.86. The van der Waals surface area contributed by atoms with Crippen molar-refractivity contribution in [3.05, 3.63) is 87.4 Å². The van der Waals surface area contributed by atoms with Crippen LogP contribution in [0.4, 0.5) is 5.69 Å². The number of hydrogen-bond acceptors (Lipinski definition) is 5. The second-order valence-corrected chi connectivity index (χ2v) is 8.43. The van der Waals surface area contributed by atoms with Crippen LogP contribution in [0.3, 0.4) is 0 Å². The van der Waals surface area contributed by atoms with Gasteiger partial charge < -0.3 is 14.8 Å². The number of aromatic nitrogens is 4. The molecule has 0 aliphatic carbocycles. The van der Waals surface area contributed by atoms with E-state index in [1.165, 1.54) is 0 Å². The van der Waals surface area contributed by atoms with Crippen LogP contribution in [0.15, 0.2) is 54.7 Å². The number of rotatable bonds is 8. The first-order chi connectivity index (χ1) is 16.3. The summed E-state index contributed by atoms with van der Waals surface area (Å²) in [4.78, 5) is 12.8. The molecule has 1 amide bonds. The summed E-state index contributed by atoms with van der Waals surface area (Å²) in [7, 11) is 1.61. The molecular formula is C24H23Cl2N5O3. The number of carbonyl (C=O) groups is 1. The van der Waals surface area contributed by atoms with E-state index in [0.29, 0.717) is 33.7 Å². The Labute approximate surface area is 207 Å². The molecule has 0 saturated carbocycles. The van der Waals surface area contributed by atoms with Gasteiger partial charge in [-0.2, -0.15) is 10.2 Å². The fourth-order valence-electron chi connectivity index (χ4n) is 3.39. The lowest BCUT2D eigenvalue weighted by Crippen LogP contribution is -2.15. The first-order valence-corrected chi connectivity index (χ1v) is 11.2. The summed E-state index contributed by atoms with van der Waals surface area (Å²) in [5.74, 6) is 1.08. The van der Waals surface area contributed by atoms with Gasteiger partial charge in [0.15, 0.2) is 12.4 Å². The van der Waals surface area contributed by atoms with Gasteiger partial charge in [-0.15, -0.1) is 0 Å². The normalized spacial score (nSPS) is 10.9. The number of nitrogens with one attached hydrogen (secondary N) is 1. The van der Waals surface area contributed by atoms with Crippen molar-refractivity contribution in [3.63, 3.8) is 0 Å². The van der Waals surface area contributed by atoms with Gasteiger partial charge in [0.2, 0.25) is 0 Å². The molecule has 10 heteroatoms. The summed E-state index contributed by atoms with van der Waals surface area (Å²) >= 11 is 12.3. The van der Waals surface area contributed by atoms with Crippen LogP contribution in [0.5, 0.6) is 11.5 Å². The van der Waals surface area contributed by atoms with Crippen LogP contribution in [0, 0.1) is 13.8 Å². The Morgan fingerprint density at radius 2 is 1.76 bits per heavy atom. The molecule has 0 aliphatic rings. The maximum atomic E-state index is 12.8. The van der Waals surface area contributed by atoms with Crippen LogP contribution in [-0.2, 0) is 13.3 Å². The number of nitrogens with zero attached hydrogens (tertiary/aromatic N) is 4. The van der Waals surface area contributed by atoms with Crippen LogP contribution in [0.25, 0.3) is 0 Å². The molecule has 0 spiro atoms. The predicted octanol–water partition coefficient (Wildman–Crippen LogP) is 5.35. The zero-order chi connectivity index (χ0) is 24.2. The van der Waals surface area contributed by atoms with Crippen molar-refractivity contribution in [2.45, 2.75) is 27.1 Å². The number of carbonyl (C=O) groups excluding carboxylic acids is 1. The summed E-state index contributed by atoms with van der Waals surface area (Å²) in [6, 6.07) is 14.2. The SMILES string of the molecule is COc1ccc(OCn2ccc(C(=O)Nc3c(C)nn(Cc4ccc(Cl)cc4Cl)c3C)n2)cc1. The van der Waals surface area contributed by atoms with Crippen molar-refractivity contribution in [3.8, 4) is 11.5 Å². The van der Waals surface area contributed by atoms with Crippen molar-refractivity contribution in [2.24, 2.45) is 0 Å². The van der Waals surface area contributed by atoms with Gasteiger partial charge in [0.25, 0.3) is 5.91 Å². The topological polar surface area (TPSA) is 83.2 Å². The molecule has 1 N–H and O–H groups in total. The third-order valence-corrected chi connectivity index (χ3v) is 5.84. The molecule has 4 rings (SSSR count). The maximum absolute atomic E-state index is 12.8. The summed E-state index contributed by atoms with van der Waals surface area (Å²) in [6.07, 6.45) is 1.68. The smallest absolute Gasteiger partial charge is 0.276 e. The average Bonchev–Trinajstić information content (AvgIpc) is 3.40. The largest absolute Gasteiger partial charge is 0.497 e. The maximum Gasteiger partial charge on any atom is 0.276 e. The van der Waals surface area contributed by atoms with Gasteiger partial charge >= 0.3 is 0 Å². The molecule has 2 aromatic heterocycles. The number of methoxy groups -OCH3 is 1. The van der Waals surface area contributed by atoms with Crippen LogP contribution in [0.2, 0.25) is 10.0 Å². The molecule has 176 valence electrons. The van der Waals surface area contributed by atoms with Crippen LogP contribution in [-0.4, -0.2) is 32.6 Å². The van der Waals surface area contributed by atoms with Crippen LogP contribution >= 0.6 is 23.2 Å². The monoisotopic (exact) mass is 499 g/mol. The third-order valence-electron chi connectivity index (χ3n) is 5.25. The Hall–Kier alpha value is -3.49. The molecule has 34 heavy (non-hydrogen) atoms. The summed E-state index contributed by atoms with van der Waals surface area (Å²) in [5, 5.41) is 12.9. The molecule has 2 aromatic carbocycles. The lowest BCUT2D eigenvalue weighted by Gasteiger charge is -2.08. The molecule has 0 bridgehead atoms. The van der Waals surface area contributed by atoms with Gasteiger partial charge in [-0.1, -0.05) is 29.3 Å². The van der Waals surface area contributed by atoms with E-state index in [2.05, 4.69) is 15.5 Å². The highest BCUT2D eigenvalue weighted by Gasteiger charge is 2.18. The molecule has 0 radical (unpaired) electrons. The van der Waals surface area contributed by atoms with Gasteiger partial charge in [0, 0.05) is 16.2 Å². The number of benzene rings is 2. The Morgan fingerprint density at radius 3 is 2.47 bits per heavy atom. The van der Waals surface area contributed by atoms with E-state index >= 15 is 0 Å². The highest BCUT2D eigenvalue weighted by Crippen LogP contribution is 2.25. The minimum absolute atomic E-state index is 0.164. The quantitative estimate of drug-likeness (QED) is 0.353. The molecule has 2 heterocycles. The fraction of sp³-hybridized carbons (Fsp3) is 0.208. The standard InChI is InChI=1S/C24H23Cl2N5O3/c1-15-23(16(2)31(28-15)13-17-4-5-18(25)12-21(17)26)27-24(32)22-10-11-30(29-22)14-34-20-8-6-19(33-3)7-9-20/h4-12H,13-14H2,1-3H3,(H,27,32). The second kappa shape index (κ2) is 10.2. The molecule has 0 atom stereocenters. The van der Waals surface area contributed by atoms with Crippen molar-refractivity contribution >= 4 is 34.8 Å². The van der Waals surface area contributed by atoms with E-state index < -0.39 is 0 Å². The van der Waals surface area contributed by atoms with Gasteiger partial charge in [-0.25, -0.2) is 4.68 Å². The first-order valence-electron chi connectivity index (χ1n) is 10.4. The predicted molar refractivity (Wildman–Crippen MR) is 131 cm³/mol. The molecular weight excluding hydrogens is 477 g/mol. The number of hydrogen-bond donors (Lipinski definition) is 1. The Bertz CT molecular complexity index is 1310. The highest BCUT2D eigenvalue weighted by molar-refractivity contribution is 6.35. The number of aryl methyl sites for hydroxylation is 1. The van der Waals surface area contributed by atoms with E-state index in [1.807, 2.05) is 32.0 Å². The van der Waals surface area contributed by atoms with Gasteiger partial charge in [-0.05, 0) is 61.9 Å². The Morgan fingerprint density at radius 1 is 1.03 bits per heavy atom. The highest BCUT2D eigenvalue weighted by atomic mass is 35.5. The third kappa shape index (κ3) is 5.35. The van der Waals surface area contributed by atoms with Crippen LogP contribution in [0.1, 0.15) is 27.4 Å². The van der Waals surface area contributed by atoms with Crippen molar-refractivity contribution in [1.29, 1.82) is 0 Å². The second-order valence-electron chi connectivity index (χ2n) is 7.58. The first kappa shape index (κ1) is 23.7. The number of ether oxygens (including phenoxy) is 2. The zero-order valence-corrected chi connectivity index (χ0v) is 20.4. The summed E-state index contributed by atoms with van der Waals surface area (Å²) in [6.45, 7) is 4.35. The molecule has 0 fully saturated rings. The average molecular weight is 500 g/mol. The number of amides is 1. The Balaban J connectivity index is 1.41. The summed E-state index contributed by atoms with van der Waals surface area (Å²) in [5.41, 5.74) is 3.28. The lowest BCUT2D eigenvalue weighted by atomic mass is 10.2. The van der Waals surface area contributed by atoms with E-state index in [9.17, 15) is 4.79 Å². The molecule has 0 saturated heterocycles. The van der Waals surface area contributed by atoms with E-state index in [0.717, 1.165) is 17.0 Å². The molecule has 0 aliphatic heterocycles. The van der Waals surface area contributed by atoms with Crippen molar-refractivity contribution < 1.29 is 14.3 Å². The van der Waals surface area contributed by atoms with Gasteiger partial charge in [0.1, 0.15) is 11.5 Å². The molecule has 4 aromatic rings. The minimum atomic E-state index is -0.335. The lowest BCUT2D eigenvalue weighted by molar-refractivity contribution is 0.102. The minimum Gasteiger partial charge on any atom is -0.497 e. The molecule has 8 nitrogen and oxygen atoms in total. The molecule has 0 unspecified atom stereocenters. The van der Waals surface area contributed by atoms with Crippen molar-refractivity contribution in [1.82, 2.24) is 19.6 Å². The van der Waals surface area contributed by atoms with Gasteiger partial charge in [0.05, 0.1) is 30.7 Å². The van der Waals surface area contributed by atoms with Crippen molar-refractivity contribution in [2.75, 3.05) is 12.4 Å². The van der Waals surface area contributed by atoms with Crippen LogP contribution < -0.4 is 14.8 Å². The number of anilines is 1. The Kier molecular flexibility index (Phi) is 7.09.